The van der Waals surface area contributed by atoms with Crippen molar-refractivity contribution >= 4 is 29.2 Å². The first-order chi connectivity index (χ1) is 15.3. The monoisotopic (exact) mass is 482 g/mol. The third kappa shape index (κ3) is 4.88. The minimum absolute atomic E-state index is 0.0174. The van der Waals surface area contributed by atoms with Gasteiger partial charge in [0.25, 0.3) is 0 Å². The summed E-state index contributed by atoms with van der Waals surface area (Å²) < 4.78 is 34.9. The predicted molar refractivity (Wildman–Crippen MR) is 117 cm³/mol. The van der Waals surface area contributed by atoms with Crippen LogP contribution in [0.2, 0.25) is 10.0 Å². The Morgan fingerprint density at radius 1 is 1.09 bits per heavy atom. The van der Waals surface area contributed by atoms with Crippen molar-refractivity contribution < 1.29 is 33.2 Å². The van der Waals surface area contributed by atoms with Crippen LogP contribution in [0.3, 0.4) is 0 Å². The highest BCUT2D eigenvalue weighted by atomic mass is 35.5. The van der Waals surface area contributed by atoms with Crippen LogP contribution in [0.4, 0.5) is 0 Å². The summed E-state index contributed by atoms with van der Waals surface area (Å²) in [7, 11) is 1.40. The van der Waals surface area contributed by atoms with Gasteiger partial charge in [0, 0.05) is 0 Å². The van der Waals surface area contributed by atoms with E-state index in [-0.39, 0.29) is 34.6 Å². The summed E-state index contributed by atoms with van der Waals surface area (Å²) in [5.74, 6) is -1.46. The third-order valence-corrected chi connectivity index (χ3v) is 5.82. The number of halogens is 2. The second-order valence-corrected chi connectivity index (χ2v) is 8.76. The van der Waals surface area contributed by atoms with Crippen LogP contribution in [0.25, 0.3) is 0 Å². The Labute approximate surface area is 196 Å². The molecular weight excluding hydrogens is 459 g/mol. The molecule has 0 radical (unpaired) electrons. The van der Waals surface area contributed by atoms with Crippen molar-refractivity contribution in [3.8, 4) is 5.75 Å². The Kier molecular flexibility index (Phi) is 6.95. The van der Waals surface area contributed by atoms with E-state index in [0.29, 0.717) is 0 Å². The van der Waals surface area contributed by atoms with E-state index in [4.69, 9.17) is 51.6 Å². The average Bonchev–Trinajstić information content (AvgIpc) is 3.09. The minimum atomic E-state index is -0.911. The van der Waals surface area contributed by atoms with Crippen molar-refractivity contribution in [1.29, 1.82) is 0 Å². The van der Waals surface area contributed by atoms with Crippen LogP contribution in [0, 0.1) is 0 Å². The first kappa shape index (κ1) is 23.3. The Morgan fingerprint density at radius 3 is 2.53 bits per heavy atom. The summed E-state index contributed by atoms with van der Waals surface area (Å²) >= 11 is 12.4. The molecule has 2 aliphatic heterocycles. The van der Waals surface area contributed by atoms with Crippen LogP contribution >= 0.6 is 23.2 Å². The summed E-state index contributed by atoms with van der Waals surface area (Å²) in [5.41, 5.74) is 0.968. The van der Waals surface area contributed by atoms with Crippen LogP contribution in [-0.4, -0.2) is 50.1 Å². The molecule has 2 heterocycles. The number of carbonyl (C=O) groups excluding carboxylic acids is 1. The van der Waals surface area contributed by atoms with Gasteiger partial charge in [0.15, 0.2) is 23.9 Å². The minimum Gasteiger partial charge on any atom is -0.494 e. The molecule has 0 spiro atoms. The van der Waals surface area contributed by atoms with Crippen LogP contribution in [0.15, 0.2) is 42.5 Å². The van der Waals surface area contributed by atoms with Gasteiger partial charge in [-0.1, -0.05) is 53.5 Å². The molecule has 0 aliphatic carbocycles. The van der Waals surface area contributed by atoms with Gasteiger partial charge in [0.2, 0.25) is 0 Å². The molecule has 7 nitrogen and oxygen atoms in total. The summed E-state index contributed by atoms with van der Waals surface area (Å²) in [4.78, 5) is 13.2. The zero-order chi connectivity index (χ0) is 22.9. The molecule has 2 aromatic carbocycles. The van der Waals surface area contributed by atoms with Gasteiger partial charge in [-0.05, 0) is 31.5 Å². The Balaban J connectivity index is 1.59. The molecule has 0 aromatic heterocycles. The molecule has 0 bridgehead atoms. The largest absolute Gasteiger partial charge is 0.494 e. The molecule has 0 amide bonds. The summed E-state index contributed by atoms with van der Waals surface area (Å²) in [5, 5.41) is 0.385. The lowest BCUT2D eigenvalue weighted by Gasteiger charge is -2.37. The van der Waals surface area contributed by atoms with Gasteiger partial charge >= 0.3 is 5.97 Å². The van der Waals surface area contributed by atoms with Crippen molar-refractivity contribution in [3.05, 3.63) is 63.6 Å². The molecule has 0 saturated carbocycles. The van der Waals surface area contributed by atoms with E-state index in [1.165, 1.54) is 13.2 Å². The zero-order valence-electron chi connectivity index (χ0n) is 17.9. The smallest absolute Gasteiger partial charge is 0.344 e. The van der Waals surface area contributed by atoms with Crippen molar-refractivity contribution in [2.24, 2.45) is 0 Å². The molecule has 2 aromatic rings. The first-order valence-corrected chi connectivity index (χ1v) is 10.9. The quantitative estimate of drug-likeness (QED) is 0.556. The van der Waals surface area contributed by atoms with Gasteiger partial charge in [-0.3, -0.25) is 0 Å². The van der Waals surface area contributed by atoms with Gasteiger partial charge in [-0.25, -0.2) is 4.79 Å². The Morgan fingerprint density at radius 2 is 1.81 bits per heavy atom. The molecule has 4 atom stereocenters. The number of methoxy groups -OCH3 is 1. The molecule has 32 heavy (non-hydrogen) atoms. The molecule has 0 unspecified atom stereocenters. The zero-order valence-corrected chi connectivity index (χ0v) is 19.4. The van der Waals surface area contributed by atoms with Gasteiger partial charge in [-0.15, -0.1) is 0 Å². The fourth-order valence-electron chi connectivity index (χ4n) is 3.83. The molecule has 172 valence electrons. The number of rotatable bonds is 6. The molecule has 2 fully saturated rings. The maximum atomic E-state index is 13.2. The first-order valence-electron chi connectivity index (χ1n) is 10.1. The van der Waals surface area contributed by atoms with Gasteiger partial charge in [0.05, 0.1) is 30.4 Å². The number of benzene rings is 2. The molecule has 0 N–H and O–H groups in total. The van der Waals surface area contributed by atoms with Crippen molar-refractivity contribution in [2.45, 2.75) is 50.8 Å². The van der Waals surface area contributed by atoms with Crippen LogP contribution < -0.4 is 4.74 Å². The van der Waals surface area contributed by atoms with E-state index in [2.05, 4.69) is 0 Å². The topological polar surface area (TPSA) is 72.5 Å². The van der Waals surface area contributed by atoms with E-state index in [9.17, 15) is 4.79 Å². The number of fused-ring (bicyclic) bond motifs is 1. The average molecular weight is 483 g/mol. The van der Waals surface area contributed by atoms with E-state index in [1.807, 2.05) is 30.3 Å². The summed E-state index contributed by atoms with van der Waals surface area (Å²) in [6.07, 6.45) is -2.79. The molecule has 2 saturated heterocycles. The number of carbonyl (C=O) groups is 1. The maximum Gasteiger partial charge on any atom is 0.344 e. The molecule has 9 heteroatoms. The summed E-state index contributed by atoms with van der Waals surface area (Å²) in [6, 6.07) is 12.7. The maximum absolute atomic E-state index is 13.2. The Bertz CT molecular complexity index is 966. The van der Waals surface area contributed by atoms with Crippen molar-refractivity contribution in [1.82, 2.24) is 0 Å². The third-order valence-electron chi connectivity index (χ3n) is 5.21. The highest BCUT2D eigenvalue weighted by Gasteiger charge is 2.53. The molecule has 4 rings (SSSR count). The van der Waals surface area contributed by atoms with Crippen LogP contribution in [0.5, 0.6) is 5.75 Å². The van der Waals surface area contributed by atoms with Crippen LogP contribution in [-0.2, 0) is 30.3 Å². The van der Waals surface area contributed by atoms with Gasteiger partial charge in [0.1, 0.15) is 17.8 Å². The highest BCUT2D eigenvalue weighted by molar-refractivity contribution is 6.37. The lowest BCUT2D eigenvalue weighted by atomic mass is 10.0. The van der Waals surface area contributed by atoms with Crippen molar-refractivity contribution in [2.75, 3.05) is 13.7 Å². The SMILES string of the molecule is COc1c(Cl)ccc(Cl)c1C(=O)O[C@H]1[C@H](OCc2ccccc2)OC[C@@H]2OC(C)(C)O[C@H]12. The fraction of sp³-hybridized carbons (Fsp3) is 0.435. The second kappa shape index (κ2) is 9.55. The number of ether oxygens (including phenoxy) is 6. The highest BCUT2D eigenvalue weighted by Crippen LogP contribution is 2.39. The Hall–Kier alpha value is -1.87. The van der Waals surface area contributed by atoms with E-state index < -0.39 is 36.4 Å². The molecule has 2 aliphatic rings. The summed E-state index contributed by atoms with van der Waals surface area (Å²) in [6.45, 7) is 4.09. The predicted octanol–water partition coefficient (Wildman–Crippen LogP) is 4.62. The van der Waals surface area contributed by atoms with Gasteiger partial charge in [-0.2, -0.15) is 0 Å². The standard InChI is InChI=1S/C23H24Cl2O7/c1-23(2)31-16-12-29-22(28-11-13-7-5-4-6-8-13)20(19(16)32-23)30-21(26)17-14(24)9-10-15(25)18(17)27-3/h4-10,16,19-20,22H,11-12H2,1-3H3/t16-,19-,20+,22+/m0/s1. The van der Waals surface area contributed by atoms with E-state index >= 15 is 0 Å². The van der Waals surface area contributed by atoms with E-state index in [1.54, 1.807) is 19.9 Å². The number of esters is 1. The normalized spacial score (nSPS) is 26.4. The second-order valence-electron chi connectivity index (χ2n) is 7.94. The fourth-order valence-corrected chi connectivity index (χ4v) is 4.29. The van der Waals surface area contributed by atoms with Crippen LogP contribution in [0.1, 0.15) is 29.8 Å². The van der Waals surface area contributed by atoms with Gasteiger partial charge < -0.3 is 28.4 Å². The lowest BCUT2D eigenvalue weighted by molar-refractivity contribution is -0.255. The lowest BCUT2D eigenvalue weighted by Crippen LogP contribution is -2.54. The number of hydrogen-bond donors (Lipinski definition) is 0. The van der Waals surface area contributed by atoms with E-state index in [0.717, 1.165) is 5.56 Å². The molecular formula is C23H24Cl2O7. The van der Waals surface area contributed by atoms with Crippen molar-refractivity contribution in [3.63, 3.8) is 0 Å². The number of hydrogen-bond acceptors (Lipinski definition) is 7.